The van der Waals surface area contributed by atoms with Crippen LogP contribution in [0.5, 0.6) is 5.75 Å². The highest BCUT2D eigenvalue weighted by molar-refractivity contribution is 5.74. The maximum Gasteiger partial charge on any atom is 0.317 e. The summed E-state index contributed by atoms with van der Waals surface area (Å²) in [5, 5.41) is 12.6. The van der Waals surface area contributed by atoms with Crippen LogP contribution in [0.15, 0.2) is 43.0 Å². The summed E-state index contributed by atoms with van der Waals surface area (Å²) in [5.74, 6) is 0.860. The molecule has 3 rings (SSSR count). The lowest BCUT2D eigenvalue weighted by molar-refractivity contribution is 0.192. The third kappa shape index (κ3) is 5.01. The van der Waals surface area contributed by atoms with Gasteiger partial charge in [0.05, 0.1) is 6.33 Å². The van der Waals surface area contributed by atoms with E-state index in [1.807, 2.05) is 27.8 Å². The molecule has 128 valence electrons. The number of aromatic hydroxyl groups is 1. The van der Waals surface area contributed by atoms with E-state index in [1.165, 1.54) is 12.8 Å². The van der Waals surface area contributed by atoms with Crippen molar-refractivity contribution < 1.29 is 9.90 Å². The molecule has 0 bridgehead atoms. The van der Waals surface area contributed by atoms with Crippen molar-refractivity contribution in [1.29, 1.82) is 0 Å². The lowest BCUT2D eigenvalue weighted by Gasteiger charge is -2.23. The fourth-order valence-electron chi connectivity index (χ4n) is 2.69. The predicted octanol–water partition coefficient (Wildman–Crippen LogP) is 2.60. The largest absolute Gasteiger partial charge is 0.508 e. The number of nitrogens with one attached hydrogen (secondary N) is 1. The lowest BCUT2D eigenvalue weighted by Crippen LogP contribution is -2.41. The van der Waals surface area contributed by atoms with Crippen LogP contribution < -0.4 is 5.32 Å². The number of carbonyl (C=O) groups excluding carboxylic acids is 1. The highest BCUT2D eigenvalue weighted by Gasteiger charge is 2.26. The number of benzene rings is 1. The minimum absolute atomic E-state index is 0.0316. The van der Waals surface area contributed by atoms with Gasteiger partial charge in [-0.25, -0.2) is 9.78 Å². The van der Waals surface area contributed by atoms with Crippen LogP contribution in [0.4, 0.5) is 4.79 Å². The number of aromatic nitrogens is 2. The van der Waals surface area contributed by atoms with Crippen LogP contribution in [-0.2, 0) is 13.1 Å². The number of carbonyl (C=O) groups is 1. The molecule has 0 spiro atoms. The summed E-state index contributed by atoms with van der Waals surface area (Å²) < 4.78 is 2.00. The predicted molar refractivity (Wildman–Crippen MR) is 91.5 cm³/mol. The monoisotopic (exact) mass is 328 g/mol. The van der Waals surface area contributed by atoms with Crippen molar-refractivity contribution in [3.63, 3.8) is 0 Å². The summed E-state index contributed by atoms with van der Waals surface area (Å²) in [4.78, 5) is 18.3. The van der Waals surface area contributed by atoms with Gasteiger partial charge < -0.3 is 19.9 Å². The van der Waals surface area contributed by atoms with Gasteiger partial charge in [-0.2, -0.15) is 0 Å². The van der Waals surface area contributed by atoms with Crippen molar-refractivity contribution in [1.82, 2.24) is 19.8 Å². The number of amides is 2. The van der Waals surface area contributed by atoms with Crippen LogP contribution >= 0.6 is 0 Å². The zero-order chi connectivity index (χ0) is 16.8. The van der Waals surface area contributed by atoms with E-state index in [0.29, 0.717) is 19.0 Å². The lowest BCUT2D eigenvalue weighted by atomic mass is 10.2. The Morgan fingerprint density at radius 1 is 1.42 bits per heavy atom. The molecular weight excluding hydrogens is 304 g/mol. The second-order valence-electron chi connectivity index (χ2n) is 6.38. The molecule has 6 heteroatoms. The van der Waals surface area contributed by atoms with E-state index in [4.69, 9.17) is 0 Å². The van der Waals surface area contributed by atoms with Gasteiger partial charge >= 0.3 is 6.03 Å². The Kier molecular flexibility index (Phi) is 5.36. The Hall–Kier alpha value is -2.50. The summed E-state index contributed by atoms with van der Waals surface area (Å²) in [6.07, 6.45) is 8.72. The molecule has 0 aliphatic heterocycles. The molecule has 0 saturated heterocycles. The number of phenolic OH excluding ortho intramolecular Hbond substituents is 1. The molecule has 1 aliphatic carbocycles. The summed E-state index contributed by atoms with van der Waals surface area (Å²) in [6, 6.07) is 7.07. The van der Waals surface area contributed by atoms with Crippen molar-refractivity contribution in [2.24, 2.45) is 5.92 Å². The highest BCUT2D eigenvalue weighted by atomic mass is 16.3. The third-order valence-corrected chi connectivity index (χ3v) is 4.18. The molecule has 1 fully saturated rings. The number of aryl methyl sites for hydroxylation is 1. The van der Waals surface area contributed by atoms with E-state index in [2.05, 4.69) is 10.3 Å². The van der Waals surface area contributed by atoms with Crippen molar-refractivity contribution in [3.05, 3.63) is 48.5 Å². The van der Waals surface area contributed by atoms with Crippen molar-refractivity contribution >= 4 is 6.03 Å². The van der Waals surface area contributed by atoms with E-state index < -0.39 is 0 Å². The SMILES string of the molecule is O=C(NCCCn1ccnc1)N(Cc1cccc(O)c1)CC1CC1. The van der Waals surface area contributed by atoms with E-state index in [1.54, 1.807) is 24.7 Å². The third-order valence-electron chi connectivity index (χ3n) is 4.18. The fraction of sp³-hybridized carbons (Fsp3) is 0.444. The van der Waals surface area contributed by atoms with E-state index in [-0.39, 0.29) is 11.8 Å². The number of phenols is 1. The molecule has 0 atom stereocenters. The van der Waals surface area contributed by atoms with Crippen LogP contribution in [0.25, 0.3) is 0 Å². The fourth-order valence-corrected chi connectivity index (χ4v) is 2.69. The van der Waals surface area contributed by atoms with Crippen LogP contribution in [-0.4, -0.2) is 38.7 Å². The number of hydrogen-bond donors (Lipinski definition) is 2. The Balaban J connectivity index is 1.49. The van der Waals surface area contributed by atoms with E-state index in [9.17, 15) is 9.90 Å². The van der Waals surface area contributed by atoms with Crippen molar-refractivity contribution in [2.75, 3.05) is 13.1 Å². The molecule has 1 aromatic heterocycles. The molecule has 24 heavy (non-hydrogen) atoms. The van der Waals surface area contributed by atoms with Crippen molar-refractivity contribution in [2.45, 2.75) is 32.4 Å². The molecule has 1 heterocycles. The molecule has 2 N–H and O–H groups in total. The Labute approximate surface area is 142 Å². The highest BCUT2D eigenvalue weighted by Crippen LogP contribution is 2.30. The Bertz CT molecular complexity index is 653. The molecule has 0 radical (unpaired) electrons. The molecule has 0 unspecified atom stereocenters. The van der Waals surface area contributed by atoms with Gasteiger partial charge in [0.1, 0.15) is 5.75 Å². The molecule has 1 aromatic carbocycles. The van der Waals surface area contributed by atoms with Gasteiger partial charge in [-0.15, -0.1) is 0 Å². The maximum atomic E-state index is 12.5. The first-order chi connectivity index (χ1) is 11.7. The van der Waals surface area contributed by atoms with Gasteiger partial charge in [0.15, 0.2) is 0 Å². The topological polar surface area (TPSA) is 70.4 Å². The maximum absolute atomic E-state index is 12.5. The van der Waals surface area contributed by atoms with Gasteiger partial charge in [0.2, 0.25) is 0 Å². The zero-order valence-electron chi connectivity index (χ0n) is 13.8. The minimum atomic E-state index is -0.0316. The average molecular weight is 328 g/mol. The molecule has 1 saturated carbocycles. The van der Waals surface area contributed by atoms with Crippen LogP contribution in [0.3, 0.4) is 0 Å². The summed E-state index contributed by atoms with van der Waals surface area (Å²) >= 11 is 0. The Morgan fingerprint density at radius 3 is 3.00 bits per heavy atom. The second kappa shape index (κ2) is 7.86. The minimum Gasteiger partial charge on any atom is -0.508 e. The van der Waals surface area contributed by atoms with Gasteiger partial charge in [-0.1, -0.05) is 12.1 Å². The van der Waals surface area contributed by atoms with Crippen LogP contribution in [0.1, 0.15) is 24.8 Å². The number of nitrogens with zero attached hydrogens (tertiary/aromatic N) is 3. The number of imidazole rings is 1. The molecule has 1 aliphatic rings. The molecule has 2 amide bonds. The first-order valence-corrected chi connectivity index (χ1v) is 8.47. The summed E-state index contributed by atoms with van der Waals surface area (Å²) in [7, 11) is 0. The van der Waals surface area contributed by atoms with Gasteiger partial charge in [0, 0.05) is 38.6 Å². The van der Waals surface area contributed by atoms with E-state index >= 15 is 0 Å². The van der Waals surface area contributed by atoms with Crippen molar-refractivity contribution in [3.8, 4) is 5.75 Å². The number of urea groups is 1. The quantitative estimate of drug-likeness (QED) is 0.732. The first-order valence-electron chi connectivity index (χ1n) is 8.47. The van der Waals surface area contributed by atoms with Gasteiger partial charge in [-0.3, -0.25) is 0 Å². The second-order valence-corrected chi connectivity index (χ2v) is 6.38. The van der Waals surface area contributed by atoms with Gasteiger partial charge in [-0.05, 0) is 42.9 Å². The van der Waals surface area contributed by atoms with Crippen LogP contribution in [0.2, 0.25) is 0 Å². The number of rotatable bonds is 8. The normalized spacial score (nSPS) is 13.7. The molecular formula is C18H24N4O2. The smallest absolute Gasteiger partial charge is 0.317 e. The standard InChI is InChI=1S/C18H24N4O2/c23-17-4-1-3-16(11-17)13-22(12-15-5-6-15)18(24)20-7-2-9-21-10-8-19-14-21/h1,3-4,8,10-11,14-15,23H,2,5-7,9,12-13H2,(H,20,24). The average Bonchev–Trinajstić information content (AvgIpc) is 3.23. The summed E-state index contributed by atoms with van der Waals surface area (Å²) in [6.45, 7) is 2.79. The van der Waals surface area contributed by atoms with E-state index in [0.717, 1.165) is 25.1 Å². The summed E-state index contributed by atoms with van der Waals surface area (Å²) in [5.41, 5.74) is 0.948. The first kappa shape index (κ1) is 16.4. The Morgan fingerprint density at radius 2 is 2.29 bits per heavy atom. The number of hydrogen-bond acceptors (Lipinski definition) is 3. The van der Waals surface area contributed by atoms with Gasteiger partial charge in [0.25, 0.3) is 0 Å². The molecule has 2 aromatic rings. The zero-order valence-corrected chi connectivity index (χ0v) is 13.8. The van der Waals surface area contributed by atoms with Crippen LogP contribution in [0, 0.1) is 5.92 Å². The molecule has 6 nitrogen and oxygen atoms in total.